The maximum Gasteiger partial charge on any atom is 0.195 e. The van der Waals surface area contributed by atoms with Crippen LogP contribution < -0.4 is 0 Å². The number of carbonyl (C=O) groups is 1. The summed E-state index contributed by atoms with van der Waals surface area (Å²) in [6.45, 7) is 4.19. The zero-order valence-electron chi connectivity index (χ0n) is 14.7. The van der Waals surface area contributed by atoms with Crippen LogP contribution in [0, 0.1) is 13.8 Å². The van der Waals surface area contributed by atoms with E-state index >= 15 is 0 Å². The third-order valence-electron chi connectivity index (χ3n) is 5.06. The molecule has 1 heterocycles. The van der Waals surface area contributed by atoms with Gasteiger partial charge in [-0.25, -0.2) is 4.98 Å². The van der Waals surface area contributed by atoms with E-state index in [0.717, 1.165) is 44.4 Å². The SMILES string of the molecule is Cc1cc(C)cc(-c2nc3ccccc3c3c2-c2ccccc2C3=O)c1. The largest absolute Gasteiger partial charge is 0.289 e. The van der Waals surface area contributed by atoms with Crippen molar-refractivity contribution in [2.45, 2.75) is 13.8 Å². The molecule has 2 nitrogen and oxygen atoms in total. The van der Waals surface area contributed by atoms with Crippen LogP contribution in [0.1, 0.15) is 27.0 Å². The molecule has 1 aliphatic rings. The molecule has 0 fully saturated rings. The lowest BCUT2D eigenvalue weighted by atomic mass is 9.95. The molecule has 3 aromatic carbocycles. The topological polar surface area (TPSA) is 30.0 Å². The average Bonchev–Trinajstić information content (AvgIpc) is 2.94. The normalized spacial score (nSPS) is 12.3. The summed E-state index contributed by atoms with van der Waals surface area (Å²) in [5.41, 5.74) is 8.72. The molecule has 5 rings (SSSR count). The Morgan fingerprint density at radius 1 is 0.731 bits per heavy atom. The van der Waals surface area contributed by atoms with Crippen molar-refractivity contribution in [2.75, 3.05) is 0 Å². The van der Waals surface area contributed by atoms with Crippen molar-refractivity contribution < 1.29 is 4.79 Å². The molecule has 26 heavy (non-hydrogen) atoms. The Kier molecular flexibility index (Phi) is 3.10. The first-order valence-corrected chi connectivity index (χ1v) is 8.79. The van der Waals surface area contributed by atoms with Crippen LogP contribution in [0.25, 0.3) is 33.3 Å². The summed E-state index contributed by atoms with van der Waals surface area (Å²) in [4.78, 5) is 18.2. The Balaban J connectivity index is 1.96. The molecular weight excluding hydrogens is 318 g/mol. The van der Waals surface area contributed by atoms with Gasteiger partial charge in [0.25, 0.3) is 0 Å². The number of aryl methyl sites for hydroxylation is 2. The second-order valence-corrected chi connectivity index (χ2v) is 6.98. The van der Waals surface area contributed by atoms with Crippen LogP contribution in [0.2, 0.25) is 0 Å². The Labute approximate surface area is 152 Å². The molecule has 1 aromatic heterocycles. The fraction of sp³-hybridized carbons (Fsp3) is 0.0833. The monoisotopic (exact) mass is 335 g/mol. The van der Waals surface area contributed by atoms with E-state index in [1.54, 1.807) is 0 Å². The average molecular weight is 335 g/mol. The molecule has 0 bridgehead atoms. The maximum atomic E-state index is 13.2. The van der Waals surface area contributed by atoms with Crippen LogP contribution in [-0.4, -0.2) is 10.8 Å². The molecule has 124 valence electrons. The molecule has 1 aliphatic carbocycles. The van der Waals surface area contributed by atoms with E-state index in [1.807, 2.05) is 48.5 Å². The molecule has 0 N–H and O–H groups in total. The molecule has 2 heteroatoms. The summed E-state index contributed by atoms with van der Waals surface area (Å²) in [5, 5.41) is 0.928. The second-order valence-electron chi connectivity index (χ2n) is 6.98. The van der Waals surface area contributed by atoms with Crippen molar-refractivity contribution in [3.63, 3.8) is 0 Å². The number of carbonyl (C=O) groups excluding carboxylic acids is 1. The van der Waals surface area contributed by atoms with Crippen molar-refractivity contribution in [3.8, 4) is 22.4 Å². The first-order valence-electron chi connectivity index (χ1n) is 8.79. The van der Waals surface area contributed by atoms with Crippen LogP contribution in [0.15, 0.2) is 66.7 Å². The van der Waals surface area contributed by atoms with Gasteiger partial charge in [0.15, 0.2) is 5.78 Å². The fourth-order valence-electron chi connectivity index (χ4n) is 4.06. The summed E-state index contributed by atoms with van der Waals surface area (Å²) in [6.07, 6.45) is 0. The number of aromatic nitrogens is 1. The highest BCUT2D eigenvalue weighted by Crippen LogP contribution is 2.45. The van der Waals surface area contributed by atoms with Gasteiger partial charge >= 0.3 is 0 Å². The lowest BCUT2D eigenvalue weighted by Crippen LogP contribution is -1.99. The van der Waals surface area contributed by atoms with E-state index in [9.17, 15) is 4.79 Å². The zero-order chi connectivity index (χ0) is 17.8. The minimum Gasteiger partial charge on any atom is -0.289 e. The highest BCUT2D eigenvalue weighted by molar-refractivity contribution is 6.28. The number of benzene rings is 3. The van der Waals surface area contributed by atoms with Crippen molar-refractivity contribution in [1.82, 2.24) is 4.98 Å². The third-order valence-corrected chi connectivity index (χ3v) is 5.06. The molecule has 0 amide bonds. The molecule has 0 aliphatic heterocycles. The lowest BCUT2D eigenvalue weighted by molar-refractivity contribution is 0.104. The minimum atomic E-state index is 0.0971. The summed E-state index contributed by atoms with van der Waals surface area (Å²) in [5.74, 6) is 0.0971. The van der Waals surface area contributed by atoms with E-state index in [2.05, 4.69) is 32.0 Å². The number of rotatable bonds is 1. The van der Waals surface area contributed by atoms with Crippen molar-refractivity contribution in [1.29, 1.82) is 0 Å². The van der Waals surface area contributed by atoms with Crippen LogP contribution in [-0.2, 0) is 0 Å². The first kappa shape index (κ1) is 15.0. The molecule has 4 aromatic rings. The quantitative estimate of drug-likeness (QED) is 0.391. The summed E-state index contributed by atoms with van der Waals surface area (Å²) >= 11 is 0. The molecule has 0 spiro atoms. The predicted octanol–water partition coefficient (Wildman–Crippen LogP) is 5.73. The Hall–Kier alpha value is -3.26. The molecular formula is C24H17NO. The smallest absolute Gasteiger partial charge is 0.195 e. The summed E-state index contributed by atoms with van der Waals surface area (Å²) < 4.78 is 0. The van der Waals surface area contributed by atoms with Crippen LogP contribution >= 0.6 is 0 Å². The second kappa shape index (κ2) is 5.37. The standard InChI is InChI=1S/C24H17NO/c1-14-11-15(2)13-16(12-14)23-21-17-7-3-4-8-18(17)24(26)22(21)19-9-5-6-10-20(19)25-23/h3-13H,1-2H3. The first-order chi connectivity index (χ1) is 12.6. The summed E-state index contributed by atoms with van der Waals surface area (Å²) in [7, 11) is 0. The lowest BCUT2D eigenvalue weighted by Gasteiger charge is -2.13. The van der Waals surface area contributed by atoms with E-state index in [-0.39, 0.29) is 5.78 Å². The van der Waals surface area contributed by atoms with Gasteiger partial charge in [-0.3, -0.25) is 4.79 Å². The van der Waals surface area contributed by atoms with Crippen molar-refractivity contribution >= 4 is 16.7 Å². The van der Waals surface area contributed by atoms with E-state index in [1.165, 1.54) is 11.1 Å². The van der Waals surface area contributed by atoms with E-state index in [0.29, 0.717) is 0 Å². The van der Waals surface area contributed by atoms with Gasteiger partial charge in [-0.05, 0) is 37.6 Å². The molecule has 0 saturated carbocycles. The van der Waals surface area contributed by atoms with Gasteiger partial charge in [-0.15, -0.1) is 0 Å². The fourth-order valence-corrected chi connectivity index (χ4v) is 4.06. The molecule has 0 saturated heterocycles. The van der Waals surface area contributed by atoms with Gasteiger partial charge < -0.3 is 0 Å². The zero-order valence-corrected chi connectivity index (χ0v) is 14.7. The van der Waals surface area contributed by atoms with Gasteiger partial charge in [0, 0.05) is 27.6 Å². The van der Waals surface area contributed by atoms with Crippen molar-refractivity contribution in [3.05, 3.63) is 89.0 Å². The number of para-hydroxylation sites is 1. The third kappa shape index (κ3) is 2.05. The minimum absolute atomic E-state index is 0.0971. The highest BCUT2D eigenvalue weighted by Gasteiger charge is 2.32. The van der Waals surface area contributed by atoms with Gasteiger partial charge in [0.05, 0.1) is 11.2 Å². The van der Waals surface area contributed by atoms with Crippen LogP contribution in [0.4, 0.5) is 0 Å². The van der Waals surface area contributed by atoms with Gasteiger partial charge in [-0.2, -0.15) is 0 Å². The molecule has 0 radical (unpaired) electrons. The predicted molar refractivity (Wildman–Crippen MR) is 106 cm³/mol. The van der Waals surface area contributed by atoms with Crippen molar-refractivity contribution in [2.24, 2.45) is 0 Å². The highest BCUT2D eigenvalue weighted by atomic mass is 16.1. The number of hydrogen-bond acceptors (Lipinski definition) is 2. The van der Waals surface area contributed by atoms with Crippen LogP contribution in [0.5, 0.6) is 0 Å². The number of pyridine rings is 1. The van der Waals surface area contributed by atoms with Gasteiger partial charge in [0.2, 0.25) is 0 Å². The number of hydrogen-bond donors (Lipinski definition) is 0. The summed E-state index contributed by atoms with van der Waals surface area (Å²) in [6, 6.07) is 22.2. The number of fused-ring (bicyclic) bond motifs is 5. The Morgan fingerprint density at radius 2 is 1.38 bits per heavy atom. The van der Waals surface area contributed by atoms with E-state index in [4.69, 9.17) is 4.98 Å². The Morgan fingerprint density at radius 3 is 2.15 bits per heavy atom. The van der Waals surface area contributed by atoms with Gasteiger partial charge in [-0.1, -0.05) is 59.7 Å². The van der Waals surface area contributed by atoms with Crippen LogP contribution in [0.3, 0.4) is 0 Å². The van der Waals surface area contributed by atoms with E-state index < -0.39 is 0 Å². The molecule has 0 unspecified atom stereocenters. The molecule has 0 atom stereocenters. The number of ketones is 1. The van der Waals surface area contributed by atoms with Gasteiger partial charge in [0.1, 0.15) is 0 Å². The maximum absolute atomic E-state index is 13.2. The number of nitrogens with zero attached hydrogens (tertiary/aromatic N) is 1. The Bertz CT molecular complexity index is 1200.